The summed E-state index contributed by atoms with van der Waals surface area (Å²) in [4.78, 5) is 0. The lowest BCUT2D eigenvalue weighted by Gasteiger charge is -2.10. The van der Waals surface area contributed by atoms with Crippen LogP contribution in [0.5, 0.6) is 11.5 Å². The zero-order valence-electron chi connectivity index (χ0n) is 10.2. The van der Waals surface area contributed by atoms with E-state index in [1.165, 1.54) is 7.11 Å². The normalized spacial score (nSPS) is 10.1. The van der Waals surface area contributed by atoms with Crippen molar-refractivity contribution in [1.82, 2.24) is 5.43 Å². The van der Waals surface area contributed by atoms with Crippen molar-refractivity contribution < 1.29 is 9.84 Å². The Bertz CT molecular complexity index is 500. The molecule has 0 aliphatic heterocycles. The average Bonchev–Trinajstić information content (AvgIpc) is 2.42. The van der Waals surface area contributed by atoms with Crippen LogP contribution in [-0.2, 0) is 6.54 Å². The number of rotatable bonds is 5. The first-order valence-corrected chi connectivity index (χ1v) is 5.69. The summed E-state index contributed by atoms with van der Waals surface area (Å²) in [6, 6.07) is 15.1. The molecule has 0 aromatic heterocycles. The molecule has 0 fully saturated rings. The Morgan fingerprint density at radius 2 is 1.89 bits per heavy atom. The number of methoxy groups -OCH3 is 1. The molecule has 2 rings (SSSR count). The maximum atomic E-state index is 9.48. The number of anilines is 1. The van der Waals surface area contributed by atoms with Crippen molar-refractivity contribution in [3.8, 4) is 11.5 Å². The van der Waals surface area contributed by atoms with Gasteiger partial charge in [-0.1, -0.05) is 24.3 Å². The van der Waals surface area contributed by atoms with E-state index in [0.717, 1.165) is 11.3 Å². The van der Waals surface area contributed by atoms with Crippen LogP contribution < -0.4 is 15.6 Å². The first kappa shape index (κ1) is 12.3. The van der Waals surface area contributed by atoms with Gasteiger partial charge in [-0.05, 0) is 29.8 Å². The molecule has 0 bridgehead atoms. The lowest BCUT2D eigenvalue weighted by Crippen LogP contribution is -2.20. The summed E-state index contributed by atoms with van der Waals surface area (Å²) >= 11 is 0. The van der Waals surface area contributed by atoms with Crippen molar-refractivity contribution in [2.24, 2.45) is 0 Å². The molecule has 18 heavy (non-hydrogen) atoms. The fourth-order valence-corrected chi connectivity index (χ4v) is 1.60. The third kappa shape index (κ3) is 3.15. The van der Waals surface area contributed by atoms with Crippen LogP contribution in [0, 0.1) is 0 Å². The maximum Gasteiger partial charge on any atom is 0.160 e. The van der Waals surface area contributed by atoms with Gasteiger partial charge in [-0.3, -0.25) is 0 Å². The number of hydrogen-bond donors (Lipinski definition) is 3. The number of phenols is 1. The van der Waals surface area contributed by atoms with Gasteiger partial charge in [0.2, 0.25) is 0 Å². The van der Waals surface area contributed by atoms with Crippen LogP contribution in [0.3, 0.4) is 0 Å². The minimum absolute atomic E-state index is 0.150. The highest BCUT2D eigenvalue weighted by atomic mass is 16.5. The topological polar surface area (TPSA) is 53.5 Å². The van der Waals surface area contributed by atoms with Crippen LogP contribution in [0.25, 0.3) is 0 Å². The number of para-hydroxylation sites is 1. The van der Waals surface area contributed by atoms with E-state index in [9.17, 15) is 5.11 Å². The number of ether oxygens (including phenoxy) is 1. The van der Waals surface area contributed by atoms with E-state index in [0.29, 0.717) is 12.3 Å². The summed E-state index contributed by atoms with van der Waals surface area (Å²) < 4.78 is 5.05. The van der Waals surface area contributed by atoms with Crippen molar-refractivity contribution >= 4 is 5.69 Å². The van der Waals surface area contributed by atoms with Gasteiger partial charge < -0.3 is 15.3 Å². The van der Waals surface area contributed by atoms with E-state index in [-0.39, 0.29) is 5.75 Å². The smallest absolute Gasteiger partial charge is 0.160 e. The monoisotopic (exact) mass is 244 g/mol. The third-order valence-corrected chi connectivity index (χ3v) is 2.54. The van der Waals surface area contributed by atoms with Gasteiger partial charge in [0.05, 0.1) is 7.11 Å². The van der Waals surface area contributed by atoms with Gasteiger partial charge >= 0.3 is 0 Å². The van der Waals surface area contributed by atoms with Crippen LogP contribution in [-0.4, -0.2) is 12.2 Å². The van der Waals surface area contributed by atoms with E-state index in [1.54, 1.807) is 12.1 Å². The molecule has 0 aliphatic carbocycles. The fraction of sp³-hybridized carbons (Fsp3) is 0.143. The van der Waals surface area contributed by atoms with Crippen LogP contribution in [0.4, 0.5) is 5.69 Å². The second-order valence-corrected chi connectivity index (χ2v) is 3.85. The molecule has 0 unspecified atom stereocenters. The Morgan fingerprint density at radius 1 is 1.11 bits per heavy atom. The van der Waals surface area contributed by atoms with Gasteiger partial charge in [0.1, 0.15) is 0 Å². The van der Waals surface area contributed by atoms with Gasteiger partial charge in [-0.25, -0.2) is 5.43 Å². The minimum Gasteiger partial charge on any atom is -0.504 e. The molecule has 2 aromatic carbocycles. The van der Waals surface area contributed by atoms with E-state index < -0.39 is 0 Å². The fourth-order valence-electron chi connectivity index (χ4n) is 1.60. The summed E-state index contributed by atoms with van der Waals surface area (Å²) in [5, 5.41) is 9.48. The van der Waals surface area contributed by atoms with Gasteiger partial charge in [-0.2, -0.15) is 0 Å². The molecule has 0 spiro atoms. The highest BCUT2D eigenvalue weighted by molar-refractivity contribution is 5.43. The van der Waals surface area contributed by atoms with E-state index in [4.69, 9.17) is 4.74 Å². The van der Waals surface area contributed by atoms with E-state index >= 15 is 0 Å². The standard InChI is InChI=1S/C14H16N2O2/c1-18-14-9-11(7-8-13(14)17)10-15-16-12-5-3-2-4-6-12/h2-9,15-17H,10H2,1H3. The SMILES string of the molecule is COc1cc(CNNc2ccccc2)ccc1O. The molecule has 0 heterocycles. The van der Waals surface area contributed by atoms with Crippen LogP contribution in [0.2, 0.25) is 0 Å². The predicted molar refractivity (Wildman–Crippen MR) is 71.6 cm³/mol. The molecule has 2 aromatic rings. The number of hydrazine groups is 1. The summed E-state index contributed by atoms with van der Waals surface area (Å²) in [5.74, 6) is 0.631. The third-order valence-electron chi connectivity index (χ3n) is 2.54. The van der Waals surface area contributed by atoms with Gasteiger partial charge in [0.25, 0.3) is 0 Å². The zero-order chi connectivity index (χ0) is 12.8. The van der Waals surface area contributed by atoms with Crippen molar-refractivity contribution in [3.05, 3.63) is 54.1 Å². The lowest BCUT2D eigenvalue weighted by molar-refractivity contribution is 0.373. The van der Waals surface area contributed by atoms with E-state index in [2.05, 4.69) is 10.9 Å². The summed E-state index contributed by atoms with van der Waals surface area (Å²) in [6.07, 6.45) is 0. The van der Waals surface area contributed by atoms with Crippen molar-refractivity contribution in [1.29, 1.82) is 0 Å². The Hall–Kier alpha value is -2.20. The van der Waals surface area contributed by atoms with Crippen LogP contribution >= 0.6 is 0 Å². The Labute approximate surface area is 106 Å². The van der Waals surface area contributed by atoms with Crippen LogP contribution in [0.1, 0.15) is 5.56 Å². The summed E-state index contributed by atoms with van der Waals surface area (Å²) in [6.45, 7) is 0.630. The Kier molecular flexibility index (Phi) is 4.04. The molecule has 4 nitrogen and oxygen atoms in total. The van der Waals surface area contributed by atoms with Crippen LogP contribution in [0.15, 0.2) is 48.5 Å². The quantitative estimate of drug-likeness (QED) is 0.707. The molecular weight excluding hydrogens is 228 g/mol. The number of phenolic OH excluding ortho intramolecular Hbond substituents is 1. The second-order valence-electron chi connectivity index (χ2n) is 3.85. The van der Waals surface area contributed by atoms with Crippen molar-refractivity contribution in [2.45, 2.75) is 6.54 Å². The number of hydrogen-bond acceptors (Lipinski definition) is 4. The van der Waals surface area contributed by atoms with Gasteiger partial charge in [0, 0.05) is 12.2 Å². The van der Waals surface area contributed by atoms with Gasteiger partial charge in [-0.15, -0.1) is 0 Å². The number of nitrogens with one attached hydrogen (secondary N) is 2. The first-order chi connectivity index (χ1) is 8.79. The molecule has 3 N–H and O–H groups in total. The number of benzene rings is 2. The second kappa shape index (κ2) is 5.93. The molecule has 4 heteroatoms. The number of aromatic hydroxyl groups is 1. The minimum atomic E-state index is 0.150. The van der Waals surface area contributed by atoms with Crippen molar-refractivity contribution in [3.63, 3.8) is 0 Å². The van der Waals surface area contributed by atoms with Crippen molar-refractivity contribution in [2.75, 3.05) is 12.5 Å². The Morgan fingerprint density at radius 3 is 2.61 bits per heavy atom. The first-order valence-electron chi connectivity index (χ1n) is 5.69. The molecule has 94 valence electrons. The molecule has 0 saturated heterocycles. The predicted octanol–water partition coefficient (Wildman–Crippen LogP) is 2.52. The largest absolute Gasteiger partial charge is 0.504 e. The Balaban J connectivity index is 1.91. The highest BCUT2D eigenvalue weighted by Gasteiger charge is 2.02. The lowest BCUT2D eigenvalue weighted by atomic mass is 10.2. The zero-order valence-corrected chi connectivity index (χ0v) is 10.2. The molecular formula is C14H16N2O2. The molecule has 0 aliphatic rings. The average molecular weight is 244 g/mol. The highest BCUT2D eigenvalue weighted by Crippen LogP contribution is 2.26. The summed E-state index contributed by atoms with van der Waals surface area (Å²) in [5.41, 5.74) is 8.22. The molecule has 0 atom stereocenters. The van der Waals surface area contributed by atoms with E-state index in [1.807, 2.05) is 36.4 Å². The summed E-state index contributed by atoms with van der Waals surface area (Å²) in [7, 11) is 1.54. The molecule has 0 amide bonds. The molecule has 0 saturated carbocycles. The molecule has 0 radical (unpaired) electrons. The maximum absolute atomic E-state index is 9.48. The van der Waals surface area contributed by atoms with Gasteiger partial charge in [0.15, 0.2) is 11.5 Å².